The molecule has 1 aliphatic heterocycles. The molecule has 2 fully saturated rings. The van der Waals surface area contributed by atoms with Crippen LogP contribution in [0.1, 0.15) is 34.8 Å². The van der Waals surface area contributed by atoms with Crippen molar-refractivity contribution >= 4 is 5.91 Å². The number of pyridine rings is 1. The van der Waals surface area contributed by atoms with Crippen molar-refractivity contribution in [2.24, 2.45) is 11.7 Å². The van der Waals surface area contributed by atoms with Crippen LogP contribution >= 0.6 is 0 Å². The highest BCUT2D eigenvalue weighted by Gasteiger charge is 2.28. The Labute approximate surface area is 213 Å². The van der Waals surface area contributed by atoms with Crippen LogP contribution in [0.25, 0.3) is 11.5 Å². The summed E-state index contributed by atoms with van der Waals surface area (Å²) in [5.74, 6) is 0.707. The summed E-state index contributed by atoms with van der Waals surface area (Å²) in [6.45, 7) is 0.642. The average Bonchev–Trinajstić information content (AvgIpc) is 3.64. The number of halogens is 2. The van der Waals surface area contributed by atoms with Gasteiger partial charge in [0, 0.05) is 44.5 Å². The van der Waals surface area contributed by atoms with Crippen molar-refractivity contribution < 1.29 is 27.5 Å². The van der Waals surface area contributed by atoms with Crippen LogP contribution in [0.3, 0.4) is 0 Å². The highest BCUT2D eigenvalue weighted by Crippen LogP contribution is 2.36. The van der Waals surface area contributed by atoms with Gasteiger partial charge in [-0.05, 0) is 49.1 Å². The zero-order valence-corrected chi connectivity index (χ0v) is 20.3. The fourth-order valence-electron chi connectivity index (χ4n) is 4.20. The Bertz CT molecular complexity index is 1210. The molecule has 0 bridgehead atoms. The van der Waals surface area contributed by atoms with Gasteiger partial charge in [0.05, 0.1) is 18.8 Å². The number of alkyl halides is 2. The van der Waals surface area contributed by atoms with Crippen molar-refractivity contribution in [2.75, 3.05) is 32.8 Å². The second-order valence-electron chi connectivity index (χ2n) is 9.18. The third-order valence-electron chi connectivity index (χ3n) is 6.43. The summed E-state index contributed by atoms with van der Waals surface area (Å²) in [5.41, 5.74) is 7.48. The van der Waals surface area contributed by atoms with Crippen LogP contribution < -0.4 is 15.2 Å². The van der Waals surface area contributed by atoms with Gasteiger partial charge < -0.3 is 24.5 Å². The van der Waals surface area contributed by atoms with Gasteiger partial charge in [-0.3, -0.25) is 14.7 Å². The summed E-state index contributed by atoms with van der Waals surface area (Å²) in [5, 5.41) is 0. The van der Waals surface area contributed by atoms with Crippen molar-refractivity contribution in [3.8, 4) is 23.0 Å². The molecule has 1 saturated heterocycles. The van der Waals surface area contributed by atoms with Crippen LogP contribution in [0.5, 0.6) is 11.5 Å². The smallest absolute Gasteiger partial charge is 0.387 e. The summed E-state index contributed by atoms with van der Waals surface area (Å²) < 4.78 is 41.9. The third kappa shape index (κ3) is 6.23. The minimum atomic E-state index is -2.98. The number of benzene rings is 1. The van der Waals surface area contributed by atoms with Crippen molar-refractivity contribution in [3.63, 3.8) is 0 Å². The number of nitrogens with two attached hydrogens (primary N) is 1. The van der Waals surface area contributed by atoms with Gasteiger partial charge in [0.2, 0.25) is 5.89 Å². The fourth-order valence-corrected chi connectivity index (χ4v) is 4.20. The van der Waals surface area contributed by atoms with Gasteiger partial charge in [-0.25, -0.2) is 4.98 Å². The molecular weight excluding hydrogens is 484 g/mol. The number of hydrogen-bond donors (Lipinski definition) is 1. The van der Waals surface area contributed by atoms with E-state index < -0.39 is 6.61 Å². The number of hydrogen-bond acceptors (Lipinski definition) is 8. The molecule has 0 atom stereocenters. The Kier molecular flexibility index (Phi) is 7.61. The first-order chi connectivity index (χ1) is 18.0. The average molecular weight is 514 g/mol. The number of rotatable bonds is 10. The predicted octanol–water partition coefficient (Wildman–Crippen LogP) is 3.54. The largest absolute Gasteiger partial charge is 0.489 e. The molecule has 3 aromatic rings. The van der Waals surface area contributed by atoms with E-state index in [-0.39, 0.29) is 41.3 Å². The maximum atomic E-state index is 13.3. The summed E-state index contributed by atoms with van der Waals surface area (Å²) in [7, 11) is 0. The molecule has 0 spiro atoms. The van der Waals surface area contributed by atoms with E-state index in [2.05, 4.69) is 19.6 Å². The Morgan fingerprint density at radius 2 is 1.95 bits per heavy atom. The molecular formula is C26H29F2N5O4. The van der Waals surface area contributed by atoms with Gasteiger partial charge in [0.1, 0.15) is 0 Å². The van der Waals surface area contributed by atoms with Gasteiger partial charge >= 0.3 is 6.61 Å². The number of amides is 1. The Hall–Kier alpha value is -3.57. The number of oxazole rings is 1. The van der Waals surface area contributed by atoms with Crippen molar-refractivity contribution in [3.05, 3.63) is 59.7 Å². The lowest BCUT2D eigenvalue weighted by Gasteiger charge is -2.34. The van der Waals surface area contributed by atoms with Gasteiger partial charge in [-0.15, -0.1) is 0 Å². The van der Waals surface area contributed by atoms with Crippen LogP contribution in [0.2, 0.25) is 0 Å². The minimum absolute atomic E-state index is 0.00860. The molecule has 37 heavy (non-hydrogen) atoms. The minimum Gasteiger partial charge on any atom is -0.489 e. The molecule has 1 aliphatic carbocycles. The van der Waals surface area contributed by atoms with E-state index in [0.717, 1.165) is 25.1 Å². The number of ether oxygens (including phenoxy) is 2. The molecule has 0 radical (unpaired) electrons. The number of aromatic nitrogens is 2. The lowest BCUT2D eigenvalue weighted by molar-refractivity contribution is -0.0515. The lowest BCUT2D eigenvalue weighted by atomic mass is 10.2. The predicted molar refractivity (Wildman–Crippen MR) is 130 cm³/mol. The quantitative estimate of drug-likeness (QED) is 0.439. The van der Waals surface area contributed by atoms with E-state index in [9.17, 15) is 13.6 Å². The molecule has 9 nitrogen and oxygen atoms in total. The monoisotopic (exact) mass is 513 g/mol. The van der Waals surface area contributed by atoms with E-state index >= 15 is 0 Å². The summed E-state index contributed by atoms with van der Waals surface area (Å²) in [4.78, 5) is 26.1. The highest BCUT2D eigenvalue weighted by atomic mass is 19.3. The third-order valence-corrected chi connectivity index (χ3v) is 6.43. The number of piperazine rings is 1. The van der Waals surface area contributed by atoms with E-state index in [4.69, 9.17) is 14.9 Å². The second-order valence-corrected chi connectivity index (χ2v) is 9.18. The second kappa shape index (κ2) is 11.2. The topological polar surface area (TPSA) is 107 Å². The van der Waals surface area contributed by atoms with E-state index in [1.54, 1.807) is 17.2 Å². The number of nitrogens with zero attached hydrogens (tertiary/aromatic N) is 4. The van der Waals surface area contributed by atoms with Crippen molar-refractivity contribution in [1.82, 2.24) is 19.8 Å². The normalized spacial score (nSPS) is 16.3. The first-order valence-corrected chi connectivity index (χ1v) is 12.3. The Morgan fingerprint density at radius 3 is 2.62 bits per heavy atom. The molecule has 1 saturated carbocycles. The number of carbonyl (C=O) groups excluding carboxylic acids is 1. The Balaban J connectivity index is 1.29. The van der Waals surface area contributed by atoms with Gasteiger partial charge in [-0.1, -0.05) is 6.07 Å². The summed E-state index contributed by atoms with van der Waals surface area (Å²) >= 11 is 0. The van der Waals surface area contributed by atoms with Gasteiger partial charge in [0.15, 0.2) is 23.0 Å². The SMILES string of the molecule is NCc1oc(-c2ccc(OC(F)F)c(OCC3CC3)c2)nc1C(=O)N1CCN(Cc2ccccn2)CC1. The van der Waals surface area contributed by atoms with E-state index in [1.165, 1.54) is 12.1 Å². The van der Waals surface area contributed by atoms with Crippen LogP contribution in [0.15, 0.2) is 47.0 Å². The zero-order valence-electron chi connectivity index (χ0n) is 20.3. The molecule has 0 unspecified atom stereocenters. The van der Waals surface area contributed by atoms with Crippen molar-refractivity contribution in [1.29, 1.82) is 0 Å². The van der Waals surface area contributed by atoms with Crippen molar-refractivity contribution in [2.45, 2.75) is 32.5 Å². The molecule has 2 aromatic heterocycles. The molecule has 2 aliphatic rings. The highest BCUT2D eigenvalue weighted by molar-refractivity contribution is 5.94. The maximum absolute atomic E-state index is 13.3. The standard InChI is InChI=1S/C26H29F2N5O4/c27-26(28)37-20-7-6-18(13-21(20)35-16-17-4-5-17)24-31-23(22(14-29)36-24)25(34)33-11-9-32(10-12-33)15-19-3-1-2-8-30-19/h1-3,6-8,13,17,26H,4-5,9-12,14-16,29H2. The molecule has 1 amide bonds. The molecule has 1 aromatic carbocycles. The molecule has 3 heterocycles. The van der Waals surface area contributed by atoms with E-state index in [1.807, 2.05) is 18.2 Å². The fraction of sp³-hybridized carbons (Fsp3) is 0.423. The van der Waals surface area contributed by atoms with Crippen LogP contribution in [0, 0.1) is 5.92 Å². The zero-order chi connectivity index (χ0) is 25.8. The van der Waals surface area contributed by atoms with Gasteiger partial charge in [-0.2, -0.15) is 8.78 Å². The summed E-state index contributed by atoms with van der Waals surface area (Å²) in [6.07, 6.45) is 3.87. The van der Waals surface area contributed by atoms with E-state index in [0.29, 0.717) is 44.3 Å². The first-order valence-electron chi connectivity index (χ1n) is 12.3. The van der Waals surface area contributed by atoms with Crippen LogP contribution in [0.4, 0.5) is 8.78 Å². The Morgan fingerprint density at radius 1 is 1.14 bits per heavy atom. The number of carbonyl (C=O) groups is 1. The molecule has 11 heteroatoms. The molecule has 196 valence electrons. The maximum Gasteiger partial charge on any atom is 0.387 e. The van der Waals surface area contributed by atoms with Crippen LogP contribution in [-0.2, 0) is 13.1 Å². The summed E-state index contributed by atoms with van der Waals surface area (Å²) in [6, 6.07) is 10.3. The molecule has 5 rings (SSSR count). The first kappa shape index (κ1) is 25.1. The van der Waals surface area contributed by atoms with Gasteiger partial charge in [0.25, 0.3) is 5.91 Å². The lowest BCUT2D eigenvalue weighted by Crippen LogP contribution is -2.48. The molecule has 2 N–H and O–H groups in total. The van der Waals surface area contributed by atoms with Crippen LogP contribution in [-0.4, -0.2) is 65.1 Å².